The van der Waals surface area contributed by atoms with E-state index in [-0.39, 0.29) is 29.5 Å². The van der Waals surface area contributed by atoms with Crippen molar-refractivity contribution < 1.29 is 13.9 Å². The smallest absolute Gasteiger partial charge is 0.223 e. The molecule has 1 fully saturated rings. The highest BCUT2D eigenvalue weighted by atomic mass is 19.1. The minimum atomic E-state index is -0.386. The topological polar surface area (TPSA) is 50.4 Å². The molecule has 0 spiro atoms. The van der Waals surface area contributed by atoms with E-state index in [1.165, 1.54) is 6.07 Å². The van der Waals surface area contributed by atoms with Gasteiger partial charge in [-0.15, -0.1) is 0 Å². The van der Waals surface area contributed by atoms with Gasteiger partial charge in [-0.2, -0.15) is 0 Å². The van der Waals surface area contributed by atoms with Crippen molar-refractivity contribution in [3.05, 3.63) is 30.1 Å². The number of ether oxygens (including phenoxy) is 1. The number of hydrogen-bond donors (Lipinski definition) is 2. The molecule has 0 radical (unpaired) electrons. The second-order valence-corrected chi connectivity index (χ2v) is 5.68. The monoisotopic (exact) mass is 294 g/mol. The first kappa shape index (κ1) is 15.8. The summed E-state index contributed by atoms with van der Waals surface area (Å²) in [6, 6.07) is 6.66. The Morgan fingerprint density at radius 2 is 2.29 bits per heavy atom. The van der Waals surface area contributed by atoms with E-state index in [1.807, 2.05) is 6.92 Å². The number of para-hydroxylation sites is 1. The molecule has 1 aliphatic heterocycles. The quantitative estimate of drug-likeness (QED) is 0.874. The average Bonchev–Trinajstić information content (AvgIpc) is 2.47. The molecule has 1 saturated heterocycles. The van der Waals surface area contributed by atoms with Gasteiger partial charge in [0.15, 0.2) is 11.6 Å². The summed E-state index contributed by atoms with van der Waals surface area (Å²) in [6.45, 7) is 5.16. The molecule has 1 aromatic rings. The molecule has 4 nitrogen and oxygen atoms in total. The number of amides is 1. The zero-order valence-corrected chi connectivity index (χ0v) is 12.6. The van der Waals surface area contributed by atoms with E-state index >= 15 is 0 Å². The maximum Gasteiger partial charge on any atom is 0.223 e. The van der Waals surface area contributed by atoms with Crippen LogP contribution in [0, 0.1) is 11.7 Å². The number of hydrogen-bond acceptors (Lipinski definition) is 3. The summed E-state index contributed by atoms with van der Waals surface area (Å²) in [4.78, 5) is 12.1. The van der Waals surface area contributed by atoms with Crippen molar-refractivity contribution in [3.63, 3.8) is 0 Å². The second-order valence-electron chi connectivity index (χ2n) is 5.68. The Morgan fingerprint density at radius 3 is 3.00 bits per heavy atom. The molecule has 1 amide bonds. The lowest BCUT2D eigenvalue weighted by molar-refractivity contribution is -0.126. The van der Waals surface area contributed by atoms with Gasteiger partial charge in [0.25, 0.3) is 0 Å². The van der Waals surface area contributed by atoms with Gasteiger partial charge in [0.2, 0.25) is 5.91 Å². The molecule has 0 saturated carbocycles. The number of carbonyl (C=O) groups excluding carboxylic acids is 1. The molecule has 1 aliphatic rings. The van der Waals surface area contributed by atoms with Crippen LogP contribution in [0.3, 0.4) is 0 Å². The van der Waals surface area contributed by atoms with Crippen LogP contribution < -0.4 is 15.4 Å². The molecule has 1 unspecified atom stereocenters. The zero-order valence-electron chi connectivity index (χ0n) is 12.6. The van der Waals surface area contributed by atoms with Crippen LogP contribution in [-0.2, 0) is 4.79 Å². The highest BCUT2D eigenvalue weighted by Gasteiger charge is 2.24. The molecular weight excluding hydrogens is 271 g/mol. The molecule has 1 aromatic carbocycles. The Balaban J connectivity index is 1.77. The lowest BCUT2D eigenvalue weighted by Gasteiger charge is -2.27. The molecule has 116 valence electrons. The van der Waals surface area contributed by atoms with Crippen molar-refractivity contribution in [3.8, 4) is 5.75 Å². The van der Waals surface area contributed by atoms with Crippen molar-refractivity contribution >= 4 is 5.91 Å². The van der Waals surface area contributed by atoms with E-state index in [0.29, 0.717) is 12.6 Å². The zero-order chi connectivity index (χ0) is 15.2. The largest absolute Gasteiger partial charge is 0.486 e. The maximum atomic E-state index is 13.5. The third kappa shape index (κ3) is 4.70. The molecule has 3 atom stereocenters. The molecule has 21 heavy (non-hydrogen) atoms. The summed E-state index contributed by atoms with van der Waals surface area (Å²) in [5, 5.41) is 6.22. The number of carbonyl (C=O) groups is 1. The highest BCUT2D eigenvalue weighted by Crippen LogP contribution is 2.18. The van der Waals surface area contributed by atoms with Crippen LogP contribution in [0.4, 0.5) is 4.39 Å². The number of nitrogens with one attached hydrogen (secondary N) is 2. The molecular formula is C16H23FN2O2. The van der Waals surface area contributed by atoms with Crippen molar-refractivity contribution in [2.24, 2.45) is 5.92 Å². The summed E-state index contributed by atoms with van der Waals surface area (Å²) < 4.78 is 19.0. The molecule has 1 heterocycles. The minimum absolute atomic E-state index is 0.0573. The fraction of sp³-hybridized carbons (Fsp3) is 0.562. The van der Waals surface area contributed by atoms with Gasteiger partial charge in [0, 0.05) is 12.0 Å². The fourth-order valence-electron chi connectivity index (χ4n) is 2.56. The maximum absolute atomic E-state index is 13.5. The van der Waals surface area contributed by atoms with E-state index in [1.54, 1.807) is 18.2 Å². The first-order chi connectivity index (χ1) is 10.1. The predicted octanol–water partition coefficient (Wildman–Crippen LogP) is 2.10. The normalized spacial score (nSPS) is 23.4. The SMILES string of the molecule is CC(CNC(=O)[C@H]1CCN[C@@H](C)C1)Oc1ccccc1F. The Labute approximate surface area is 125 Å². The first-order valence-electron chi connectivity index (χ1n) is 7.48. The van der Waals surface area contributed by atoms with Gasteiger partial charge in [-0.3, -0.25) is 4.79 Å². The number of benzene rings is 1. The van der Waals surface area contributed by atoms with E-state index in [0.717, 1.165) is 19.4 Å². The van der Waals surface area contributed by atoms with E-state index in [9.17, 15) is 9.18 Å². The average molecular weight is 294 g/mol. The molecule has 2 rings (SSSR count). The summed E-state index contributed by atoms with van der Waals surface area (Å²) in [6.07, 6.45) is 1.44. The third-order valence-corrected chi connectivity index (χ3v) is 3.72. The first-order valence-corrected chi connectivity index (χ1v) is 7.48. The van der Waals surface area contributed by atoms with Gasteiger partial charge in [-0.05, 0) is 45.4 Å². The Kier molecular flexibility index (Phi) is 5.56. The van der Waals surface area contributed by atoms with Gasteiger partial charge < -0.3 is 15.4 Å². The summed E-state index contributed by atoms with van der Waals surface area (Å²) in [5.41, 5.74) is 0. The fourth-order valence-corrected chi connectivity index (χ4v) is 2.56. The lowest BCUT2D eigenvalue weighted by atomic mass is 9.92. The minimum Gasteiger partial charge on any atom is -0.486 e. The Morgan fingerprint density at radius 1 is 1.52 bits per heavy atom. The summed E-state index contributed by atoms with van der Waals surface area (Å²) in [7, 11) is 0. The van der Waals surface area contributed by atoms with Crippen molar-refractivity contribution in [1.29, 1.82) is 0 Å². The highest BCUT2D eigenvalue weighted by molar-refractivity contribution is 5.78. The summed E-state index contributed by atoms with van der Waals surface area (Å²) in [5.74, 6) is -0.0492. The van der Waals surface area contributed by atoms with Crippen LogP contribution >= 0.6 is 0 Å². The molecule has 0 bridgehead atoms. The number of rotatable bonds is 5. The van der Waals surface area contributed by atoms with Crippen molar-refractivity contribution in [2.75, 3.05) is 13.1 Å². The van der Waals surface area contributed by atoms with E-state index in [2.05, 4.69) is 17.6 Å². The molecule has 0 aromatic heterocycles. The molecule has 0 aliphatic carbocycles. The van der Waals surface area contributed by atoms with Crippen LogP contribution in [0.5, 0.6) is 5.75 Å². The standard InChI is InChI=1S/C16H23FN2O2/c1-11-9-13(7-8-18-11)16(20)19-10-12(2)21-15-6-4-3-5-14(15)17/h3-6,11-13,18H,7-10H2,1-2H3,(H,19,20)/t11-,12?,13-/m0/s1. The Hall–Kier alpha value is -1.62. The van der Waals surface area contributed by atoms with E-state index < -0.39 is 0 Å². The van der Waals surface area contributed by atoms with Crippen LogP contribution in [0.25, 0.3) is 0 Å². The van der Waals surface area contributed by atoms with Gasteiger partial charge in [-0.1, -0.05) is 12.1 Å². The van der Waals surface area contributed by atoms with Crippen molar-refractivity contribution in [2.45, 2.75) is 38.8 Å². The van der Waals surface area contributed by atoms with E-state index in [4.69, 9.17) is 4.74 Å². The van der Waals surface area contributed by atoms with Gasteiger partial charge in [-0.25, -0.2) is 4.39 Å². The van der Waals surface area contributed by atoms with Gasteiger partial charge in [0.1, 0.15) is 6.10 Å². The lowest BCUT2D eigenvalue weighted by Crippen LogP contribution is -2.44. The predicted molar refractivity (Wildman–Crippen MR) is 79.7 cm³/mol. The van der Waals surface area contributed by atoms with Crippen molar-refractivity contribution in [1.82, 2.24) is 10.6 Å². The summed E-state index contributed by atoms with van der Waals surface area (Å²) >= 11 is 0. The van der Waals surface area contributed by atoms with Gasteiger partial charge in [0.05, 0.1) is 6.54 Å². The van der Waals surface area contributed by atoms with Crippen LogP contribution in [0.15, 0.2) is 24.3 Å². The second kappa shape index (κ2) is 7.41. The molecule has 2 N–H and O–H groups in total. The Bertz CT molecular complexity index is 481. The number of piperidine rings is 1. The third-order valence-electron chi connectivity index (χ3n) is 3.72. The van der Waals surface area contributed by atoms with Crippen LogP contribution in [0.1, 0.15) is 26.7 Å². The number of halogens is 1. The molecule has 5 heteroatoms. The van der Waals surface area contributed by atoms with Crippen LogP contribution in [0.2, 0.25) is 0 Å². The van der Waals surface area contributed by atoms with Crippen LogP contribution in [-0.4, -0.2) is 31.1 Å². The van der Waals surface area contributed by atoms with Gasteiger partial charge >= 0.3 is 0 Å².